The molecular weight excluding hydrogens is 380 g/mol. The molecule has 0 aliphatic rings. The van der Waals surface area contributed by atoms with Crippen molar-refractivity contribution in [3.05, 3.63) is 78.5 Å². The molecule has 2 heterocycles. The number of hydrogen-bond acceptors (Lipinski definition) is 4. The summed E-state index contributed by atoms with van der Waals surface area (Å²) in [6.07, 6.45) is 5.29. The van der Waals surface area contributed by atoms with E-state index in [9.17, 15) is 4.79 Å². The molecule has 0 aliphatic carbocycles. The number of hydrogen-bond donors (Lipinski definition) is 4. The second-order valence-electron chi connectivity index (χ2n) is 6.67. The minimum absolute atomic E-state index is 0.104. The van der Waals surface area contributed by atoms with E-state index in [1.807, 2.05) is 53.2 Å². The van der Waals surface area contributed by atoms with E-state index in [-0.39, 0.29) is 11.9 Å². The summed E-state index contributed by atoms with van der Waals surface area (Å²) in [4.78, 5) is 19.8. The van der Waals surface area contributed by atoms with Crippen LogP contribution in [0, 0.1) is 0 Å². The summed E-state index contributed by atoms with van der Waals surface area (Å²) in [6.45, 7) is 1.80. The Morgan fingerprint density at radius 2 is 1.90 bits per heavy atom. The Hall–Kier alpha value is -4.40. The first kappa shape index (κ1) is 18.9. The predicted molar refractivity (Wildman–Crippen MR) is 118 cm³/mol. The van der Waals surface area contributed by atoms with Crippen LogP contribution in [0.3, 0.4) is 0 Å². The van der Waals surface area contributed by atoms with E-state index < -0.39 is 0 Å². The summed E-state index contributed by atoms with van der Waals surface area (Å²) in [6, 6.07) is 15.0. The van der Waals surface area contributed by atoms with Crippen LogP contribution in [0.1, 0.15) is 23.0 Å². The molecule has 0 aliphatic heterocycles. The van der Waals surface area contributed by atoms with Gasteiger partial charge in [-0.05, 0) is 48.9 Å². The molecule has 0 saturated carbocycles. The fraction of sp³-hybridized carbons (Fsp3) is 0.0476. The Balaban J connectivity index is 1.52. The van der Waals surface area contributed by atoms with Crippen molar-refractivity contribution in [2.45, 2.75) is 6.92 Å². The zero-order valence-electron chi connectivity index (χ0n) is 16.2. The summed E-state index contributed by atoms with van der Waals surface area (Å²) in [5.41, 5.74) is 15.0. The molecule has 0 bridgehead atoms. The normalized spacial score (nSPS) is 11.4. The molecule has 0 saturated heterocycles. The van der Waals surface area contributed by atoms with Crippen molar-refractivity contribution < 1.29 is 4.79 Å². The second-order valence-corrected chi connectivity index (χ2v) is 6.67. The van der Waals surface area contributed by atoms with Crippen LogP contribution in [0.15, 0.2) is 77.5 Å². The highest BCUT2D eigenvalue weighted by Gasteiger charge is 2.11. The number of benzene rings is 2. The average Bonchev–Trinajstić information content (AvgIpc) is 3.42. The fourth-order valence-corrected chi connectivity index (χ4v) is 2.99. The minimum Gasteiger partial charge on any atom is -0.369 e. The first-order valence-corrected chi connectivity index (χ1v) is 9.16. The Morgan fingerprint density at radius 1 is 1.10 bits per heavy atom. The van der Waals surface area contributed by atoms with Gasteiger partial charge in [-0.2, -0.15) is 5.10 Å². The molecular formula is C21H20N8O. The number of H-pyrrole nitrogens is 1. The molecule has 4 aromatic rings. The molecule has 0 radical (unpaired) electrons. The van der Waals surface area contributed by atoms with Gasteiger partial charge in [0.2, 0.25) is 5.96 Å². The molecule has 9 nitrogen and oxygen atoms in total. The van der Waals surface area contributed by atoms with E-state index in [4.69, 9.17) is 11.5 Å². The molecule has 0 fully saturated rings. The summed E-state index contributed by atoms with van der Waals surface area (Å²) in [7, 11) is 0. The quantitative estimate of drug-likeness (QED) is 0.232. The minimum atomic E-state index is -0.228. The van der Waals surface area contributed by atoms with Crippen LogP contribution in [0.2, 0.25) is 0 Å². The lowest BCUT2D eigenvalue weighted by atomic mass is 10.1. The van der Waals surface area contributed by atoms with Crippen molar-refractivity contribution in [1.29, 1.82) is 0 Å². The number of guanidine groups is 1. The number of aromatic nitrogens is 3. The van der Waals surface area contributed by atoms with Crippen molar-refractivity contribution in [1.82, 2.24) is 14.5 Å². The molecule has 0 atom stereocenters. The molecule has 6 N–H and O–H groups in total. The highest BCUT2D eigenvalue weighted by molar-refractivity contribution is 6.07. The Bertz CT molecular complexity index is 1250. The van der Waals surface area contributed by atoms with Crippen LogP contribution in [-0.2, 0) is 0 Å². The van der Waals surface area contributed by atoms with Gasteiger partial charge in [-0.1, -0.05) is 12.1 Å². The predicted octanol–water partition coefficient (Wildman–Crippen LogP) is 2.60. The maximum Gasteiger partial charge on any atom is 0.272 e. The number of carbonyl (C=O) groups is 1. The van der Waals surface area contributed by atoms with Crippen LogP contribution >= 0.6 is 0 Å². The smallest absolute Gasteiger partial charge is 0.272 e. The monoisotopic (exact) mass is 400 g/mol. The Kier molecular flexibility index (Phi) is 5.00. The van der Waals surface area contributed by atoms with Crippen LogP contribution in [-0.4, -0.2) is 32.1 Å². The van der Waals surface area contributed by atoms with Crippen molar-refractivity contribution in [3.8, 4) is 5.69 Å². The first-order valence-electron chi connectivity index (χ1n) is 9.16. The maximum atomic E-state index is 12.7. The van der Waals surface area contributed by atoms with E-state index in [0.29, 0.717) is 17.1 Å². The van der Waals surface area contributed by atoms with Gasteiger partial charge in [-0.25, -0.2) is 4.98 Å². The zero-order valence-corrected chi connectivity index (χ0v) is 16.2. The van der Waals surface area contributed by atoms with Gasteiger partial charge in [0, 0.05) is 34.7 Å². The zero-order chi connectivity index (χ0) is 21.1. The van der Waals surface area contributed by atoms with Crippen LogP contribution in [0.4, 0.5) is 5.69 Å². The third kappa shape index (κ3) is 4.04. The van der Waals surface area contributed by atoms with Crippen LogP contribution in [0.5, 0.6) is 0 Å². The molecule has 0 unspecified atom stereocenters. The number of nitrogens with one attached hydrogen (secondary N) is 2. The van der Waals surface area contributed by atoms with E-state index >= 15 is 0 Å². The number of carbonyl (C=O) groups excluding carboxylic acids is 1. The lowest BCUT2D eigenvalue weighted by Crippen LogP contribution is -2.22. The molecule has 9 heteroatoms. The lowest BCUT2D eigenvalue weighted by Gasteiger charge is -2.06. The average molecular weight is 400 g/mol. The van der Waals surface area contributed by atoms with Gasteiger partial charge in [0.1, 0.15) is 5.69 Å². The van der Waals surface area contributed by atoms with Crippen molar-refractivity contribution >= 4 is 34.2 Å². The lowest BCUT2D eigenvalue weighted by molar-refractivity contribution is 0.102. The summed E-state index contributed by atoms with van der Waals surface area (Å²) in [5.74, 6) is -0.332. The number of imidazole rings is 1. The fourth-order valence-electron chi connectivity index (χ4n) is 2.99. The third-order valence-corrected chi connectivity index (χ3v) is 4.53. The van der Waals surface area contributed by atoms with E-state index in [1.165, 1.54) is 0 Å². The van der Waals surface area contributed by atoms with Gasteiger partial charge < -0.3 is 26.3 Å². The van der Waals surface area contributed by atoms with E-state index in [1.54, 1.807) is 25.5 Å². The van der Waals surface area contributed by atoms with Gasteiger partial charge in [-0.3, -0.25) is 4.79 Å². The number of rotatable bonds is 5. The molecule has 150 valence electrons. The maximum absolute atomic E-state index is 12.7. The molecule has 1 amide bonds. The Morgan fingerprint density at radius 3 is 2.60 bits per heavy atom. The topological polar surface area (TPSA) is 139 Å². The highest BCUT2D eigenvalue weighted by Crippen LogP contribution is 2.20. The molecule has 2 aromatic carbocycles. The van der Waals surface area contributed by atoms with Gasteiger partial charge in [0.25, 0.3) is 5.91 Å². The summed E-state index contributed by atoms with van der Waals surface area (Å²) >= 11 is 0. The number of fused-ring (bicyclic) bond motifs is 1. The second kappa shape index (κ2) is 7.92. The molecule has 0 spiro atoms. The largest absolute Gasteiger partial charge is 0.369 e. The number of anilines is 1. The van der Waals surface area contributed by atoms with Crippen molar-refractivity contribution in [2.24, 2.45) is 21.7 Å². The number of nitrogens with two attached hydrogens (primary N) is 2. The van der Waals surface area contributed by atoms with Gasteiger partial charge in [0.15, 0.2) is 0 Å². The number of aromatic amines is 1. The molecule has 4 rings (SSSR count). The molecule has 30 heavy (non-hydrogen) atoms. The summed E-state index contributed by atoms with van der Waals surface area (Å²) < 4.78 is 1.89. The summed E-state index contributed by atoms with van der Waals surface area (Å²) in [5, 5.41) is 11.5. The Labute approximate surface area is 172 Å². The van der Waals surface area contributed by atoms with Crippen LogP contribution < -0.4 is 16.8 Å². The number of amides is 1. The van der Waals surface area contributed by atoms with Gasteiger partial charge >= 0.3 is 0 Å². The first-order chi connectivity index (χ1) is 14.5. The highest BCUT2D eigenvalue weighted by atomic mass is 16.1. The van der Waals surface area contributed by atoms with E-state index in [2.05, 4.69) is 25.5 Å². The SMILES string of the molecule is C/C(=N\N=C(N)N)c1ccc2cc(C(=O)Nc3ccc(-n4ccnc4)cc3)[nH]c2c1. The van der Waals surface area contributed by atoms with Crippen molar-refractivity contribution in [3.63, 3.8) is 0 Å². The van der Waals surface area contributed by atoms with Gasteiger partial charge in [0.05, 0.1) is 12.0 Å². The van der Waals surface area contributed by atoms with E-state index in [0.717, 1.165) is 22.2 Å². The number of nitrogens with zero attached hydrogens (tertiary/aromatic N) is 4. The van der Waals surface area contributed by atoms with Gasteiger partial charge in [-0.15, -0.1) is 5.10 Å². The molecule has 2 aromatic heterocycles. The van der Waals surface area contributed by atoms with Crippen molar-refractivity contribution in [2.75, 3.05) is 5.32 Å². The van der Waals surface area contributed by atoms with Crippen LogP contribution in [0.25, 0.3) is 16.6 Å². The third-order valence-electron chi connectivity index (χ3n) is 4.53. The standard InChI is InChI=1S/C21H20N8O/c1-13(27-28-21(22)23)14-2-3-15-11-19(26-18(15)10-14)20(30)25-16-4-6-17(7-5-16)29-9-8-24-12-29/h2-12,26H,1H3,(H,25,30)(H4,22,23,28)/b27-13+.